The van der Waals surface area contributed by atoms with Crippen LogP contribution in [0.1, 0.15) is 57.6 Å². The van der Waals surface area contributed by atoms with E-state index < -0.39 is 34.7 Å². The molecule has 2 aliphatic rings. The number of carbonyl (C=O) groups excluding carboxylic acids is 2. The molecule has 52 heavy (non-hydrogen) atoms. The average molecular weight is 737 g/mol. The van der Waals surface area contributed by atoms with E-state index in [9.17, 15) is 32.7 Å². The second-order valence-electron chi connectivity index (χ2n) is 12.1. The number of hydrogen-bond donors (Lipinski definition) is 3. The predicted octanol–water partition coefficient (Wildman–Crippen LogP) is 6.00. The van der Waals surface area contributed by atoms with Crippen LogP contribution in [0.4, 0.5) is 29.6 Å². The highest BCUT2D eigenvalue weighted by Crippen LogP contribution is 2.36. The number of alkyl halides is 3. The number of hydrogen-bond acceptors (Lipinski definition) is 8. The molecule has 0 aliphatic carbocycles. The molecule has 2 aromatic heterocycles. The molecule has 12 nitrogen and oxygen atoms in total. The standard InChI is InChI=1S/C36H32ClF3N6O6/c37-27-10-9-24(18-26(27)36(38,39)40)43-30(47)17-22-5-3-4-21(16-22)7-8-23-20-42-34(41)44-32(23)29-19-25-28(11-12-46(33(25)48)35(49)50)45(29)13-15-52-31-6-1-2-14-51-31/h3-5,9-10,16,18-20,31H,1-2,6,11-15,17H2,(H,43,47)(H,49,50)(H2,41,42,44). The molecular weight excluding hydrogens is 705 g/mol. The van der Waals surface area contributed by atoms with Crippen LogP contribution in [0.15, 0.2) is 54.7 Å². The van der Waals surface area contributed by atoms with E-state index in [1.165, 1.54) is 12.3 Å². The van der Waals surface area contributed by atoms with Gasteiger partial charge in [-0.2, -0.15) is 13.2 Å². The largest absolute Gasteiger partial charge is 0.465 e. The van der Waals surface area contributed by atoms with Crippen LogP contribution in [0, 0.1) is 11.8 Å². The number of aromatic nitrogens is 3. The van der Waals surface area contributed by atoms with Crippen LogP contribution in [0.5, 0.6) is 0 Å². The molecule has 2 aromatic carbocycles. The third-order valence-corrected chi connectivity index (χ3v) is 8.81. The fourth-order valence-electron chi connectivity index (χ4n) is 6.05. The minimum atomic E-state index is -4.68. The second-order valence-corrected chi connectivity index (χ2v) is 12.5. The van der Waals surface area contributed by atoms with E-state index in [2.05, 4.69) is 27.1 Å². The van der Waals surface area contributed by atoms with E-state index in [0.717, 1.165) is 36.3 Å². The summed E-state index contributed by atoms with van der Waals surface area (Å²) in [5.74, 6) is 4.84. The first-order valence-electron chi connectivity index (χ1n) is 16.3. The fraction of sp³-hybridized carbons (Fsp3) is 0.306. The molecule has 4 aromatic rings. The minimum Gasteiger partial charge on any atom is -0.465 e. The molecule has 4 heterocycles. The number of carbonyl (C=O) groups is 3. The molecule has 1 unspecified atom stereocenters. The van der Waals surface area contributed by atoms with Gasteiger partial charge in [-0.05, 0) is 61.2 Å². The number of nitrogens with two attached hydrogens (primary N) is 1. The molecule has 6 rings (SSSR count). The number of imide groups is 1. The number of nitrogens with zero attached hydrogens (tertiary/aromatic N) is 4. The number of ether oxygens (including phenoxy) is 2. The fourth-order valence-corrected chi connectivity index (χ4v) is 6.28. The Morgan fingerprint density at radius 3 is 2.73 bits per heavy atom. The maximum Gasteiger partial charge on any atom is 0.417 e. The third kappa shape index (κ3) is 8.37. The van der Waals surface area contributed by atoms with Gasteiger partial charge >= 0.3 is 12.3 Å². The molecule has 0 radical (unpaired) electrons. The number of rotatable bonds is 8. The number of benzene rings is 2. The van der Waals surface area contributed by atoms with Gasteiger partial charge in [0.1, 0.15) is 5.69 Å². The molecule has 0 bridgehead atoms. The van der Waals surface area contributed by atoms with E-state index in [0.29, 0.717) is 46.9 Å². The van der Waals surface area contributed by atoms with Crippen LogP contribution >= 0.6 is 11.6 Å². The summed E-state index contributed by atoms with van der Waals surface area (Å²) in [5.41, 5.74) is 7.96. The summed E-state index contributed by atoms with van der Waals surface area (Å²) in [6, 6.07) is 11.5. The monoisotopic (exact) mass is 736 g/mol. The molecule has 3 amide bonds. The Hall–Kier alpha value is -5.43. The maximum atomic E-state index is 13.3. The van der Waals surface area contributed by atoms with Gasteiger partial charge in [0.2, 0.25) is 11.9 Å². The number of fused-ring (bicyclic) bond motifs is 1. The van der Waals surface area contributed by atoms with Gasteiger partial charge in [-0.25, -0.2) is 19.7 Å². The first kappa shape index (κ1) is 36.4. The zero-order valence-electron chi connectivity index (χ0n) is 27.5. The lowest BCUT2D eigenvalue weighted by Gasteiger charge is -2.25. The quantitative estimate of drug-likeness (QED) is 0.184. The molecule has 2 aliphatic heterocycles. The van der Waals surface area contributed by atoms with Gasteiger partial charge in [0.25, 0.3) is 5.91 Å². The van der Waals surface area contributed by atoms with E-state index in [1.54, 1.807) is 30.3 Å². The van der Waals surface area contributed by atoms with Crippen molar-refractivity contribution < 1.29 is 42.1 Å². The predicted molar refractivity (Wildman–Crippen MR) is 183 cm³/mol. The number of amides is 3. The average Bonchev–Trinajstić information content (AvgIpc) is 3.47. The van der Waals surface area contributed by atoms with Crippen molar-refractivity contribution in [3.05, 3.63) is 93.3 Å². The summed E-state index contributed by atoms with van der Waals surface area (Å²) in [6.07, 6.45) is -2.08. The molecule has 0 saturated carbocycles. The van der Waals surface area contributed by atoms with Crippen LogP contribution in [-0.2, 0) is 39.8 Å². The van der Waals surface area contributed by atoms with Crippen LogP contribution in [0.3, 0.4) is 0 Å². The van der Waals surface area contributed by atoms with Crippen molar-refractivity contribution in [2.45, 2.75) is 51.1 Å². The van der Waals surface area contributed by atoms with Gasteiger partial charge in [0.15, 0.2) is 6.29 Å². The van der Waals surface area contributed by atoms with Crippen molar-refractivity contribution in [3.8, 4) is 23.2 Å². The van der Waals surface area contributed by atoms with Crippen LogP contribution in [0.2, 0.25) is 5.02 Å². The Morgan fingerprint density at radius 2 is 1.98 bits per heavy atom. The first-order chi connectivity index (χ1) is 24.9. The Kier molecular flexibility index (Phi) is 10.8. The van der Waals surface area contributed by atoms with E-state index in [1.807, 2.05) is 4.57 Å². The smallest absolute Gasteiger partial charge is 0.417 e. The highest BCUT2D eigenvalue weighted by atomic mass is 35.5. The molecule has 1 atom stereocenters. The Bertz CT molecular complexity index is 2090. The maximum absolute atomic E-state index is 13.3. The number of halogens is 4. The molecule has 270 valence electrons. The zero-order chi connectivity index (χ0) is 37.0. The molecular formula is C36H32ClF3N6O6. The number of nitrogen functional groups attached to an aromatic ring is 1. The van der Waals surface area contributed by atoms with Crippen molar-refractivity contribution in [2.24, 2.45) is 0 Å². The summed E-state index contributed by atoms with van der Waals surface area (Å²) >= 11 is 5.69. The highest BCUT2D eigenvalue weighted by Gasteiger charge is 2.34. The van der Waals surface area contributed by atoms with Crippen molar-refractivity contribution in [3.63, 3.8) is 0 Å². The Labute approximate surface area is 300 Å². The van der Waals surface area contributed by atoms with Crippen LogP contribution in [0.25, 0.3) is 11.4 Å². The molecule has 4 N–H and O–H groups in total. The van der Waals surface area contributed by atoms with Crippen LogP contribution < -0.4 is 11.1 Å². The lowest BCUT2D eigenvalue weighted by Crippen LogP contribution is -2.41. The van der Waals surface area contributed by atoms with Crippen molar-refractivity contribution >= 4 is 41.1 Å². The summed E-state index contributed by atoms with van der Waals surface area (Å²) in [5, 5.41) is 11.6. The Morgan fingerprint density at radius 1 is 1.15 bits per heavy atom. The first-order valence-corrected chi connectivity index (χ1v) is 16.7. The van der Waals surface area contributed by atoms with Crippen molar-refractivity contribution in [2.75, 3.05) is 30.8 Å². The normalized spacial score (nSPS) is 15.8. The highest BCUT2D eigenvalue weighted by molar-refractivity contribution is 6.31. The van der Waals surface area contributed by atoms with Gasteiger partial charge in [-0.1, -0.05) is 35.6 Å². The van der Waals surface area contributed by atoms with Gasteiger partial charge < -0.3 is 30.2 Å². The SMILES string of the molecule is Nc1ncc(C#Cc2cccc(CC(=O)Nc3ccc(Cl)c(C(F)(F)F)c3)c2)c(-c2cc3c(n2CCOC2CCCCO2)CCN(C(=O)O)C3=O)n1. The molecule has 1 saturated heterocycles. The minimum absolute atomic E-state index is 0.0154. The van der Waals surface area contributed by atoms with Crippen LogP contribution in [-0.4, -0.2) is 68.5 Å². The molecule has 0 spiro atoms. The lowest BCUT2D eigenvalue weighted by molar-refractivity contribution is -0.163. The lowest BCUT2D eigenvalue weighted by atomic mass is 10.1. The van der Waals surface area contributed by atoms with E-state index in [-0.39, 0.29) is 49.5 Å². The zero-order valence-corrected chi connectivity index (χ0v) is 28.3. The summed E-state index contributed by atoms with van der Waals surface area (Å²) < 4.78 is 53.3. The molecule has 1 fully saturated rings. The Balaban J connectivity index is 1.26. The number of nitrogens with one attached hydrogen (secondary N) is 1. The second kappa shape index (κ2) is 15.4. The van der Waals surface area contributed by atoms with Gasteiger partial charge in [0, 0.05) is 49.3 Å². The van der Waals surface area contributed by atoms with Gasteiger partial charge in [-0.3, -0.25) is 9.59 Å². The molecule has 16 heteroatoms. The topological polar surface area (TPSA) is 162 Å². The summed E-state index contributed by atoms with van der Waals surface area (Å²) in [4.78, 5) is 47.1. The number of carboxylic acid groups (broad SMARTS) is 1. The van der Waals surface area contributed by atoms with E-state index in [4.69, 9.17) is 26.8 Å². The summed E-state index contributed by atoms with van der Waals surface area (Å²) in [7, 11) is 0. The van der Waals surface area contributed by atoms with Crippen molar-refractivity contribution in [1.29, 1.82) is 0 Å². The van der Waals surface area contributed by atoms with Gasteiger partial charge in [0.05, 0.1) is 40.4 Å². The van der Waals surface area contributed by atoms with Gasteiger partial charge in [-0.15, -0.1) is 0 Å². The van der Waals surface area contributed by atoms with E-state index >= 15 is 0 Å². The summed E-state index contributed by atoms with van der Waals surface area (Å²) in [6.45, 7) is 1.15. The van der Waals surface area contributed by atoms with Crippen molar-refractivity contribution in [1.82, 2.24) is 19.4 Å². The third-order valence-electron chi connectivity index (χ3n) is 8.48. The number of anilines is 2.